The summed E-state index contributed by atoms with van der Waals surface area (Å²) in [4.78, 5) is 37.2. The fourth-order valence-electron chi connectivity index (χ4n) is 3.50. The Labute approximate surface area is 207 Å². The third-order valence-electron chi connectivity index (χ3n) is 5.30. The normalized spacial score (nSPS) is 10.7. The highest BCUT2D eigenvalue weighted by molar-refractivity contribution is 6.39. The van der Waals surface area contributed by atoms with Crippen LogP contribution in [-0.4, -0.2) is 31.1 Å². The minimum absolute atomic E-state index is 0.247. The van der Waals surface area contributed by atoms with Crippen LogP contribution in [0.15, 0.2) is 90.0 Å². The number of rotatable bonds is 6. The maximum Gasteiger partial charge on any atom is 0.343 e. The molecule has 180 valence electrons. The SMILES string of the molecule is COc1ccc(C(=O)Oc2ccc3ccccc3c2/C=N\NC(=O)C(=O)Nc2cccc(C)c2)cc1. The number of carbonyl (C=O) groups is 3. The van der Waals surface area contributed by atoms with Crippen LogP contribution in [0.3, 0.4) is 0 Å². The van der Waals surface area contributed by atoms with E-state index in [-0.39, 0.29) is 5.75 Å². The number of amides is 2. The van der Waals surface area contributed by atoms with Crippen molar-refractivity contribution >= 4 is 40.5 Å². The van der Waals surface area contributed by atoms with Crippen molar-refractivity contribution in [3.8, 4) is 11.5 Å². The fourth-order valence-corrected chi connectivity index (χ4v) is 3.50. The largest absolute Gasteiger partial charge is 0.497 e. The van der Waals surface area contributed by atoms with Crippen LogP contribution in [0.2, 0.25) is 0 Å². The van der Waals surface area contributed by atoms with Crippen molar-refractivity contribution in [1.29, 1.82) is 0 Å². The number of hydrazone groups is 1. The number of fused-ring (bicyclic) bond motifs is 1. The summed E-state index contributed by atoms with van der Waals surface area (Å²) in [5, 5.41) is 8.09. The Morgan fingerprint density at radius 1 is 0.861 bits per heavy atom. The molecule has 0 aliphatic rings. The van der Waals surface area contributed by atoms with E-state index in [4.69, 9.17) is 9.47 Å². The van der Waals surface area contributed by atoms with E-state index in [1.807, 2.05) is 43.3 Å². The van der Waals surface area contributed by atoms with Crippen molar-refractivity contribution in [2.45, 2.75) is 6.92 Å². The number of anilines is 1. The van der Waals surface area contributed by atoms with Crippen LogP contribution in [0.5, 0.6) is 11.5 Å². The molecule has 0 saturated carbocycles. The molecular weight excluding hydrogens is 458 g/mol. The second kappa shape index (κ2) is 11.0. The first-order valence-corrected chi connectivity index (χ1v) is 11.0. The van der Waals surface area contributed by atoms with Crippen LogP contribution in [0.4, 0.5) is 5.69 Å². The minimum atomic E-state index is -0.940. The molecule has 8 heteroatoms. The molecule has 0 aliphatic heterocycles. The lowest BCUT2D eigenvalue weighted by Crippen LogP contribution is -2.32. The average Bonchev–Trinajstić information content (AvgIpc) is 2.89. The molecule has 4 aromatic rings. The molecule has 8 nitrogen and oxygen atoms in total. The van der Waals surface area contributed by atoms with Crippen molar-refractivity contribution in [3.63, 3.8) is 0 Å². The number of aryl methyl sites for hydroxylation is 1. The molecule has 0 unspecified atom stereocenters. The summed E-state index contributed by atoms with van der Waals surface area (Å²) in [7, 11) is 1.54. The van der Waals surface area contributed by atoms with E-state index in [1.165, 1.54) is 6.21 Å². The van der Waals surface area contributed by atoms with Gasteiger partial charge in [0.2, 0.25) is 0 Å². The van der Waals surface area contributed by atoms with Crippen LogP contribution in [0, 0.1) is 6.92 Å². The molecule has 0 saturated heterocycles. The monoisotopic (exact) mass is 481 g/mol. The summed E-state index contributed by atoms with van der Waals surface area (Å²) in [6.45, 7) is 1.88. The molecule has 0 bridgehead atoms. The number of nitrogens with one attached hydrogen (secondary N) is 2. The van der Waals surface area contributed by atoms with E-state index in [1.54, 1.807) is 55.6 Å². The number of nitrogens with zero attached hydrogens (tertiary/aromatic N) is 1. The average molecular weight is 482 g/mol. The summed E-state index contributed by atoms with van der Waals surface area (Å²) >= 11 is 0. The van der Waals surface area contributed by atoms with Crippen LogP contribution in [-0.2, 0) is 9.59 Å². The Morgan fingerprint density at radius 2 is 1.64 bits per heavy atom. The maximum absolute atomic E-state index is 12.7. The number of benzene rings is 4. The molecular formula is C28H23N3O5. The van der Waals surface area contributed by atoms with E-state index < -0.39 is 17.8 Å². The van der Waals surface area contributed by atoms with Crippen LogP contribution in [0.1, 0.15) is 21.5 Å². The molecule has 0 spiro atoms. The van der Waals surface area contributed by atoms with Gasteiger partial charge in [0.25, 0.3) is 0 Å². The van der Waals surface area contributed by atoms with Gasteiger partial charge in [-0.3, -0.25) is 9.59 Å². The summed E-state index contributed by atoms with van der Waals surface area (Å²) in [6.07, 6.45) is 1.34. The standard InChI is InChI=1S/C28H23N3O5/c1-18-6-5-8-21(16-18)30-26(32)27(33)31-29-17-24-23-9-4-3-7-19(23)12-15-25(24)36-28(34)20-10-13-22(35-2)14-11-20/h3-17H,1-2H3,(H,30,32)(H,31,33)/b29-17-. The lowest BCUT2D eigenvalue weighted by atomic mass is 10.0. The maximum atomic E-state index is 12.7. The molecule has 2 N–H and O–H groups in total. The van der Waals surface area contributed by atoms with Gasteiger partial charge in [-0.05, 0) is 65.7 Å². The Kier molecular flexibility index (Phi) is 7.36. The van der Waals surface area contributed by atoms with Crippen LogP contribution < -0.4 is 20.2 Å². The lowest BCUT2D eigenvalue weighted by molar-refractivity contribution is -0.136. The Bertz CT molecular complexity index is 1460. The van der Waals surface area contributed by atoms with Gasteiger partial charge in [0.15, 0.2) is 0 Å². The smallest absolute Gasteiger partial charge is 0.343 e. The molecule has 4 aromatic carbocycles. The molecule has 4 rings (SSSR count). The molecule has 0 atom stereocenters. The van der Waals surface area contributed by atoms with Gasteiger partial charge in [-0.15, -0.1) is 0 Å². The fraction of sp³-hybridized carbons (Fsp3) is 0.0714. The Hall–Kier alpha value is -4.98. The van der Waals surface area contributed by atoms with Gasteiger partial charge in [0, 0.05) is 11.3 Å². The second-order valence-corrected chi connectivity index (χ2v) is 7.84. The Balaban J connectivity index is 1.53. The van der Waals surface area contributed by atoms with Crippen molar-refractivity contribution in [3.05, 3.63) is 102 Å². The van der Waals surface area contributed by atoms with Crippen LogP contribution in [0.25, 0.3) is 10.8 Å². The molecule has 0 aliphatic carbocycles. The summed E-state index contributed by atoms with van der Waals surface area (Å²) in [5.41, 5.74) is 4.47. The van der Waals surface area contributed by atoms with E-state index in [0.29, 0.717) is 22.6 Å². The van der Waals surface area contributed by atoms with Gasteiger partial charge in [-0.25, -0.2) is 10.2 Å². The van der Waals surface area contributed by atoms with Gasteiger partial charge < -0.3 is 14.8 Å². The molecule has 0 radical (unpaired) electrons. The van der Waals surface area contributed by atoms with Gasteiger partial charge in [-0.2, -0.15) is 5.10 Å². The van der Waals surface area contributed by atoms with Crippen molar-refractivity contribution in [2.24, 2.45) is 5.10 Å². The first-order chi connectivity index (χ1) is 17.4. The number of methoxy groups -OCH3 is 1. The summed E-state index contributed by atoms with van der Waals surface area (Å²) in [6, 6.07) is 24.5. The van der Waals surface area contributed by atoms with Crippen molar-refractivity contribution < 1.29 is 23.9 Å². The van der Waals surface area contributed by atoms with E-state index in [9.17, 15) is 14.4 Å². The van der Waals surface area contributed by atoms with E-state index in [0.717, 1.165) is 16.3 Å². The first kappa shape index (κ1) is 24.2. The first-order valence-electron chi connectivity index (χ1n) is 11.0. The molecule has 0 aromatic heterocycles. The number of hydrogen-bond acceptors (Lipinski definition) is 6. The van der Waals surface area contributed by atoms with Gasteiger partial charge in [0.1, 0.15) is 11.5 Å². The predicted octanol–water partition coefficient (Wildman–Crippen LogP) is 4.46. The molecule has 36 heavy (non-hydrogen) atoms. The van der Waals surface area contributed by atoms with Crippen molar-refractivity contribution in [2.75, 3.05) is 12.4 Å². The van der Waals surface area contributed by atoms with Crippen LogP contribution >= 0.6 is 0 Å². The topological polar surface area (TPSA) is 106 Å². The number of carbonyl (C=O) groups excluding carboxylic acids is 3. The zero-order chi connectivity index (χ0) is 25.5. The predicted molar refractivity (Wildman–Crippen MR) is 137 cm³/mol. The Morgan fingerprint density at radius 3 is 2.39 bits per heavy atom. The molecule has 2 amide bonds. The number of hydrogen-bond donors (Lipinski definition) is 2. The molecule has 0 heterocycles. The highest BCUT2D eigenvalue weighted by atomic mass is 16.5. The highest BCUT2D eigenvalue weighted by Gasteiger charge is 2.15. The summed E-state index contributed by atoms with van der Waals surface area (Å²) in [5.74, 6) is -1.50. The lowest BCUT2D eigenvalue weighted by Gasteiger charge is -2.11. The second-order valence-electron chi connectivity index (χ2n) is 7.84. The van der Waals surface area contributed by atoms with Gasteiger partial charge in [0.05, 0.1) is 18.9 Å². The van der Waals surface area contributed by atoms with Crippen molar-refractivity contribution in [1.82, 2.24) is 5.43 Å². The zero-order valence-corrected chi connectivity index (χ0v) is 19.6. The third-order valence-corrected chi connectivity index (χ3v) is 5.30. The quantitative estimate of drug-likeness (QED) is 0.139. The third kappa shape index (κ3) is 5.74. The number of ether oxygens (including phenoxy) is 2. The zero-order valence-electron chi connectivity index (χ0n) is 19.6. The minimum Gasteiger partial charge on any atom is -0.497 e. The van der Waals surface area contributed by atoms with E-state index >= 15 is 0 Å². The summed E-state index contributed by atoms with van der Waals surface area (Å²) < 4.78 is 10.8. The van der Waals surface area contributed by atoms with E-state index in [2.05, 4.69) is 15.8 Å². The molecule has 0 fully saturated rings. The van der Waals surface area contributed by atoms with Gasteiger partial charge in [-0.1, -0.05) is 42.5 Å². The number of esters is 1. The van der Waals surface area contributed by atoms with Gasteiger partial charge >= 0.3 is 17.8 Å². The highest BCUT2D eigenvalue weighted by Crippen LogP contribution is 2.27.